The summed E-state index contributed by atoms with van der Waals surface area (Å²) in [6, 6.07) is 4.72. The van der Waals surface area contributed by atoms with Gasteiger partial charge in [-0.1, -0.05) is 17.7 Å². The molecule has 0 unspecified atom stereocenters. The van der Waals surface area contributed by atoms with Crippen molar-refractivity contribution in [2.24, 2.45) is 5.41 Å². The standard InChI is InChI=1S/C23H26ClF3N4O3S/c1-22(34-2)11-31(12-22)16-6-7-23(16)8-9-30(13-23)15-10-14(25)21(20(27)19(15)24)35(32,33)29-18-5-3-4-17(26)28-18/h3-5,10,16H,6-9,11-13H2,1-2H3,(H,28,29)/t16-,23+/m1/s1. The van der Waals surface area contributed by atoms with Gasteiger partial charge in [-0.25, -0.2) is 22.2 Å². The minimum Gasteiger partial charge on any atom is -0.376 e. The molecule has 1 spiro atoms. The lowest BCUT2D eigenvalue weighted by Crippen LogP contribution is -2.69. The van der Waals surface area contributed by atoms with Crippen LogP contribution in [0.25, 0.3) is 0 Å². The fourth-order valence-electron chi connectivity index (χ4n) is 5.69. The highest BCUT2D eigenvalue weighted by Crippen LogP contribution is 2.54. The van der Waals surface area contributed by atoms with E-state index >= 15 is 8.78 Å². The van der Waals surface area contributed by atoms with Gasteiger partial charge in [-0.2, -0.15) is 4.39 Å². The topological polar surface area (TPSA) is 74.8 Å². The molecule has 5 rings (SSSR count). The number of nitrogens with one attached hydrogen (secondary N) is 1. The number of benzene rings is 1. The Labute approximate surface area is 207 Å². The minimum atomic E-state index is -4.75. The van der Waals surface area contributed by atoms with Gasteiger partial charge in [0.15, 0.2) is 10.7 Å². The van der Waals surface area contributed by atoms with Gasteiger partial charge in [0.25, 0.3) is 10.0 Å². The number of halogens is 4. The molecule has 2 saturated heterocycles. The van der Waals surface area contributed by atoms with Gasteiger partial charge in [-0.15, -0.1) is 0 Å². The van der Waals surface area contributed by atoms with Gasteiger partial charge in [-0.05, 0) is 38.3 Å². The van der Waals surface area contributed by atoms with Crippen molar-refractivity contribution in [3.8, 4) is 0 Å². The highest BCUT2D eigenvalue weighted by molar-refractivity contribution is 7.92. The number of hydrogen-bond donors (Lipinski definition) is 1. The zero-order valence-electron chi connectivity index (χ0n) is 19.3. The highest BCUT2D eigenvalue weighted by Gasteiger charge is 2.57. The molecule has 2 aliphatic heterocycles. The fourth-order valence-corrected chi connectivity index (χ4v) is 7.16. The second-order valence-electron chi connectivity index (χ2n) is 9.93. The summed E-state index contributed by atoms with van der Waals surface area (Å²) in [7, 11) is -3.04. The molecule has 0 amide bonds. The van der Waals surface area contributed by atoms with E-state index in [0.717, 1.165) is 44.5 Å². The molecule has 1 aromatic heterocycles. The van der Waals surface area contributed by atoms with E-state index in [0.29, 0.717) is 19.1 Å². The quantitative estimate of drug-likeness (QED) is 0.449. The first-order chi connectivity index (χ1) is 16.5. The Kier molecular flexibility index (Phi) is 5.98. The molecular weight excluding hydrogens is 505 g/mol. The van der Waals surface area contributed by atoms with Gasteiger partial charge in [0, 0.05) is 50.8 Å². The van der Waals surface area contributed by atoms with E-state index in [1.54, 1.807) is 7.11 Å². The molecule has 7 nitrogen and oxygen atoms in total. The summed E-state index contributed by atoms with van der Waals surface area (Å²) in [6.45, 7) is 4.91. The maximum absolute atomic E-state index is 15.2. The molecule has 2 atom stereocenters. The van der Waals surface area contributed by atoms with Crippen LogP contribution >= 0.6 is 11.6 Å². The van der Waals surface area contributed by atoms with Crippen LogP contribution < -0.4 is 9.62 Å². The molecule has 0 bridgehead atoms. The van der Waals surface area contributed by atoms with E-state index < -0.39 is 43.3 Å². The Balaban J connectivity index is 1.37. The van der Waals surface area contributed by atoms with Gasteiger partial charge < -0.3 is 9.64 Å². The molecule has 3 aliphatic rings. The Morgan fingerprint density at radius 2 is 1.94 bits per heavy atom. The summed E-state index contributed by atoms with van der Waals surface area (Å²) in [4.78, 5) is 6.37. The predicted octanol–water partition coefficient (Wildman–Crippen LogP) is 4.03. The summed E-state index contributed by atoms with van der Waals surface area (Å²) in [5, 5.41) is -0.470. The van der Waals surface area contributed by atoms with Crippen LogP contribution in [0, 0.1) is 23.0 Å². The average molecular weight is 531 g/mol. The molecule has 35 heavy (non-hydrogen) atoms. The first-order valence-corrected chi connectivity index (χ1v) is 13.2. The largest absolute Gasteiger partial charge is 0.376 e. The van der Waals surface area contributed by atoms with E-state index in [4.69, 9.17) is 16.3 Å². The van der Waals surface area contributed by atoms with Crippen LogP contribution in [0.4, 0.5) is 24.7 Å². The van der Waals surface area contributed by atoms with Crippen molar-refractivity contribution in [2.75, 3.05) is 42.9 Å². The number of aromatic nitrogens is 1. The molecule has 190 valence electrons. The number of hydrogen-bond acceptors (Lipinski definition) is 6. The lowest BCUT2D eigenvalue weighted by molar-refractivity contribution is -0.164. The number of methoxy groups -OCH3 is 1. The maximum atomic E-state index is 15.2. The van der Waals surface area contributed by atoms with Crippen molar-refractivity contribution in [3.05, 3.63) is 46.9 Å². The molecule has 1 aromatic carbocycles. The van der Waals surface area contributed by atoms with E-state index in [1.807, 2.05) is 9.62 Å². The van der Waals surface area contributed by atoms with Crippen molar-refractivity contribution in [3.63, 3.8) is 0 Å². The monoisotopic (exact) mass is 530 g/mol. The smallest absolute Gasteiger partial charge is 0.268 e. The summed E-state index contributed by atoms with van der Waals surface area (Å²) in [6.07, 6.45) is 2.92. The van der Waals surface area contributed by atoms with Crippen LogP contribution in [0.3, 0.4) is 0 Å². The van der Waals surface area contributed by atoms with Gasteiger partial charge in [0.2, 0.25) is 5.95 Å². The molecule has 3 fully saturated rings. The number of likely N-dealkylation sites (tertiary alicyclic amines) is 1. The van der Waals surface area contributed by atoms with Crippen LogP contribution in [0.2, 0.25) is 5.02 Å². The van der Waals surface area contributed by atoms with Crippen molar-refractivity contribution in [1.29, 1.82) is 0 Å². The molecule has 2 aromatic rings. The zero-order chi connectivity index (χ0) is 25.2. The average Bonchev–Trinajstić information content (AvgIpc) is 3.21. The van der Waals surface area contributed by atoms with Gasteiger partial charge >= 0.3 is 0 Å². The predicted molar refractivity (Wildman–Crippen MR) is 126 cm³/mol. The molecule has 1 aliphatic carbocycles. The van der Waals surface area contributed by atoms with E-state index in [9.17, 15) is 12.8 Å². The Morgan fingerprint density at radius 1 is 1.20 bits per heavy atom. The SMILES string of the molecule is COC1(C)CN([C@@H]2CC[C@@]23CCN(c2cc(F)c(S(=O)(=O)Nc4cccc(F)n4)c(F)c2Cl)C3)C1. The van der Waals surface area contributed by atoms with Crippen LogP contribution in [0.15, 0.2) is 29.2 Å². The van der Waals surface area contributed by atoms with E-state index in [2.05, 4.69) is 16.8 Å². The third-order valence-corrected chi connectivity index (χ3v) is 9.43. The normalized spacial score (nSPS) is 26.0. The van der Waals surface area contributed by atoms with E-state index in [1.165, 1.54) is 12.1 Å². The third kappa shape index (κ3) is 4.16. The van der Waals surface area contributed by atoms with Crippen molar-refractivity contribution in [2.45, 2.75) is 42.7 Å². The van der Waals surface area contributed by atoms with Crippen LogP contribution in [0.5, 0.6) is 0 Å². The minimum absolute atomic E-state index is 0.000702. The van der Waals surface area contributed by atoms with Gasteiger partial charge in [0.05, 0.1) is 11.3 Å². The van der Waals surface area contributed by atoms with Crippen LogP contribution in [-0.2, 0) is 14.8 Å². The van der Waals surface area contributed by atoms with Gasteiger partial charge in [-0.3, -0.25) is 9.62 Å². The molecule has 1 N–H and O–H groups in total. The number of sulfonamides is 1. The number of nitrogens with zero attached hydrogens (tertiary/aromatic N) is 3. The second kappa shape index (κ2) is 8.50. The summed E-state index contributed by atoms with van der Waals surface area (Å²) in [5.41, 5.74) is -0.0146. The first kappa shape index (κ1) is 24.6. The summed E-state index contributed by atoms with van der Waals surface area (Å²) >= 11 is 6.25. The summed E-state index contributed by atoms with van der Waals surface area (Å²) in [5.74, 6) is -4.02. The number of anilines is 2. The lowest BCUT2D eigenvalue weighted by Gasteiger charge is -2.60. The van der Waals surface area contributed by atoms with Crippen molar-refractivity contribution in [1.82, 2.24) is 9.88 Å². The first-order valence-electron chi connectivity index (χ1n) is 11.3. The van der Waals surface area contributed by atoms with Crippen molar-refractivity contribution >= 4 is 33.1 Å². The highest BCUT2D eigenvalue weighted by atomic mass is 35.5. The molecule has 0 radical (unpaired) electrons. The van der Waals surface area contributed by atoms with Gasteiger partial charge in [0.1, 0.15) is 16.7 Å². The number of ether oxygens (including phenoxy) is 1. The fraction of sp³-hybridized carbons (Fsp3) is 0.522. The Hall–Kier alpha value is -2.08. The van der Waals surface area contributed by atoms with Crippen LogP contribution in [-0.4, -0.2) is 63.2 Å². The zero-order valence-corrected chi connectivity index (χ0v) is 20.9. The Morgan fingerprint density at radius 3 is 2.57 bits per heavy atom. The molecule has 3 heterocycles. The number of rotatable bonds is 6. The van der Waals surface area contributed by atoms with E-state index in [-0.39, 0.29) is 16.7 Å². The van der Waals surface area contributed by atoms with Crippen LogP contribution in [0.1, 0.15) is 26.2 Å². The lowest BCUT2D eigenvalue weighted by atomic mass is 9.62. The molecular formula is C23H26ClF3N4O3S. The third-order valence-electron chi connectivity index (χ3n) is 7.68. The van der Waals surface area contributed by atoms with Crippen molar-refractivity contribution < 1.29 is 26.3 Å². The second-order valence-corrected chi connectivity index (χ2v) is 11.9. The molecule has 1 saturated carbocycles. The molecule has 12 heteroatoms. The Bertz CT molecular complexity index is 1270. The summed E-state index contributed by atoms with van der Waals surface area (Å²) < 4.78 is 76.4. The maximum Gasteiger partial charge on any atom is 0.268 e. The number of pyridine rings is 1.